The van der Waals surface area contributed by atoms with Crippen LogP contribution in [0.3, 0.4) is 0 Å². The number of anilines is 1. The van der Waals surface area contributed by atoms with E-state index in [1.54, 1.807) is 25.3 Å². The number of carbonyl (C=O) groups excluding carboxylic acids is 1. The van der Waals surface area contributed by atoms with E-state index in [2.05, 4.69) is 22.2 Å². The summed E-state index contributed by atoms with van der Waals surface area (Å²) in [4.78, 5) is 20.3. The summed E-state index contributed by atoms with van der Waals surface area (Å²) in [6, 6.07) is 10.5. The van der Waals surface area contributed by atoms with Crippen LogP contribution in [-0.2, 0) is 6.42 Å². The number of pyridine rings is 2. The van der Waals surface area contributed by atoms with Gasteiger partial charge in [0.1, 0.15) is 17.3 Å². The molecule has 0 spiro atoms. The van der Waals surface area contributed by atoms with Crippen LogP contribution in [0.25, 0.3) is 11.3 Å². The van der Waals surface area contributed by atoms with Crippen molar-refractivity contribution >= 4 is 11.6 Å². The van der Waals surface area contributed by atoms with Crippen LogP contribution in [0.1, 0.15) is 76.4 Å². The number of halogens is 2. The largest absolute Gasteiger partial charge is 0.393 e. The molecule has 1 amide bonds. The summed E-state index contributed by atoms with van der Waals surface area (Å²) in [5, 5.41) is 11.4. The zero-order valence-corrected chi connectivity index (χ0v) is 21.3. The normalized spacial score (nSPS) is 10.9. The van der Waals surface area contributed by atoms with Crippen molar-refractivity contribution in [3.8, 4) is 11.3 Å². The number of amides is 1. The molecule has 2 N–H and O–H groups in total. The van der Waals surface area contributed by atoms with Gasteiger partial charge >= 0.3 is 0 Å². The number of hydrogen-bond donors (Lipinski definition) is 2. The van der Waals surface area contributed by atoms with Gasteiger partial charge in [0.2, 0.25) is 0 Å². The summed E-state index contributed by atoms with van der Waals surface area (Å²) in [5.41, 5.74) is 0.801. The van der Waals surface area contributed by atoms with Crippen LogP contribution in [0.4, 0.5) is 14.5 Å². The van der Waals surface area contributed by atoms with Gasteiger partial charge in [-0.1, -0.05) is 59.1 Å². The number of aryl methyl sites for hydroxylation is 1. The Labute approximate surface area is 207 Å². The van der Waals surface area contributed by atoms with Gasteiger partial charge in [-0.25, -0.2) is 13.8 Å². The molecule has 0 bridgehead atoms. The molecule has 2 aromatic heterocycles. The lowest BCUT2D eigenvalue weighted by atomic mass is 10.0. The van der Waals surface area contributed by atoms with Gasteiger partial charge in [0.25, 0.3) is 5.91 Å². The number of hydrogen-bond acceptors (Lipinski definition) is 4. The van der Waals surface area contributed by atoms with E-state index in [-0.39, 0.29) is 23.1 Å². The van der Waals surface area contributed by atoms with E-state index in [1.807, 2.05) is 20.8 Å². The lowest BCUT2D eigenvalue weighted by molar-refractivity contribution is 0.102. The number of rotatable bonds is 8. The van der Waals surface area contributed by atoms with Crippen LogP contribution in [0.2, 0.25) is 0 Å². The Balaban J connectivity index is 0.000000523. The number of aliphatic hydroxyl groups is 1. The molecular weight excluding hydrogens is 448 g/mol. The molecule has 190 valence electrons. The highest BCUT2D eigenvalue weighted by atomic mass is 19.1. The van der Waals surface area contributed by atoms with Gasteiger partial charge in [0.15, 0.2) is 0 Å². The number of aromatic nitrogens is 2. The molecule has 7 heteroatoms. The number of unbranched alkanes of at least 4 members (excludes halogenated alkanes) is 2. The third-order valence-corrected chi connectivity index (χ3v) is 4.93. The van der Waals surface area contributed by atoms with Gasteiger partial charge in [-0.05, 0) is 55.7 Å². The van der Waals surface area contributed by atoms with Gasteiger partial charge in [0, 0.05) is 6.20 Å². The minimum absolute atomic E-state index is 0.0575. The summed E-state index contributed by atoms with van der Waals surface area (Å²) in [6.07, 6.45) is 8.05. The molecule has 0 fully saturated rings. The summed E-state index contributed by atoms with van der Waals surface area (Å²) in [6.45, 7) is 9.79. The molecule has 1 atom stereocenters. The fourth-order valence-electron chi connectivity index (χ4n) is 3.13. The molecule has 3 rings (SSSR count). The van der Waals surface area contributed by atoms with E-state index in [0.717, 1.165) is 6.42 Å². The van der Waals surface area contributed by atoms with Crippen molar-refractivity contribution < 1.29 is 18.7 Å². The molecule has 3 aromatic rings. The standard InChI is InChI=1S/C19H15F2N3O.C7H16O.C2H6/c1-2-12-8-9-14(20)17(18(12)21)15-6-3-7-16(24-15)19(25)23-13-5-4-10-22-11-13;1-3-4-5-6-7(2)8;1-2/h3-11H,2H2,1H3,(H,23,25);7-8H,3-6H2,1-2H3;1-2H3/t;7-;/m.0./s1. The second kappa shape index (κ2) is 16.4. The Kier molecular flexibility index (Phi) is 14.0. The molecule has 0 saturated carbocycles. The van der Waals surface area contributed by atoms with Crippen LogP contribution in [0, 0.1) is 11.6 Å². The average molecular weight is 486 g/mol. The number of nitrogens with zero attached hydrogens (tertiary/aromatic N) is 2. The van der Waals surface area contributed by atoms with Gasteiger partial charge in [0.05, 0.1) is 29.2 Å². The van der Waals surface area contributed by atoms with E-state index >= 15 is 0 Å². The van der Waals surface area contributed by atoms with Gasteiger partial charge in [-0.3, -0.25) is 9.78 Å². The second-order valence-electron chi connectivity index (χ2n) is 7.70. The van der Waals surface area contributed by atoms with Crippen molar-refractivity contribution in [1.82, 2.24) is 9.97 Å². The second-order valence-corrected chi connectivity index (χ2v) is 7.70. The molecule has 0 saturated heterocycles. The molecule has 0 unspecified atom stereocenters. The first kappa shape index (κ1) is 29.8. The maximum Gasteiger partial charge on any atom is 0.274 e. The van der Waals surface area contributed by atoms with E-state index < -0.39 is 17.5 Å². The van der Waals surface area contributed by atoms with Crippen LogP contribution < -0.4 is 5.32 Å². The van der Waals surface area contributed by atoms with Crippen molar-refractivity contribution in [1.29, 1.82) is 0 Å². The molecule has 0 aliphatic rings. The van der Waals surface area contributed by atoms with Gasteiger partial charge < -0.3 is 10.4 Å². The predicted molar refractivity (Wildman–Crippen MR) is 138 cm³/mol. The summed E-state index contributed by atoms with van der Waals surface area (Å²) >= 11 is 0. The van der Waals surface area contributed by atoms with E-state index in [4.69, 9.17) is 5.11 Å². The van der Waals surface area contributed by atoms with Crippen LogP contribution >= 0.6 is 0 Å². The Morgan fingerprint density at radius 2 is 1.80 bits per heavy atom. The quantitative estimate of drug-likeness (QED) is 0.331. The zero-order valence-electron chi connectivity index (χ0n) is 21.3. The predicted octanol–water partition coefficient (Wildman–Crippen LogP) is 7.21. The summed E-state index contributed by atoms with van der Waals surface area (Å²) in [5.74, 6) is -1.85. The van der Waals surface area contributed by atoms with E-state index in [1.165, 1.54) is 55.8 Å². The van der Waals surface area contributed by atoms with Crippen molar-refractivity contribution in [3.63, 3.8) is 0 Å². The van der Waals surface area contributed by atoms with Crippen molar-refractivity contribution in [2.24, 2.45) is 0 Å². The molecule has 0 aliphatic heterocycles. The fourth-order valence-corrected chi connectivity index (χ4v) is 3.13. The minimum atomic E-state index is -0.716. The van der Waals surface area contributed by atoms with Crippen LogP contribution in [-0.4, -0.2) is 27.1 Å². The first-order valence-electron chi connectivity index (χ1n) is 12.2. The minimum Gasteiger partial charge on any atom is -0.393 e. The molecule has 1 aromatic carbocycles. The highest BCUT2D eigenvalue weighted by molar-refractivity contribution is 6.03. The van der Waals surface area contributed by atoms with Crippen molar-refractivity contribution in [2.75, 3.05) is 5.32 Å². The van der Waals surface area contributed by atoms with E-state index in [0.29, 0.717) is 17.7 Å². The highest BCUT2D eigenvalue weighted by Gasteiger charge is 2.17. The third kappa shape index (κ3) is 9.91. The molecular formula is C28H37F2N3O2. The average Bonchev–Trinajstić information content (AvgIpc) is 2.87. The van der Waals surface area contributed by atoms with E-state index in [9.17, 15) is 13.6 Å². The molecule has 0 aliphatic carbocycles. The number of aliphatic hydroxyl groups excluding tert-OH is 1. The van der Waals surface area contributed by atoms with Gasteiger partial charge in [-0.2, -0.15) is 0 Å². The smallest absolute Gasteiger partial charge is 0.274 e. The number of benzene rings is 1. The maximum absolute atomic E-state index is 14.5. The van der Waals surface area contributed by atoms with Crippen molar-refractivity contribution in [3.05, 3.63) is 77.8 Å². The van der Waals surface area contributed by atoms with Crippen LogP contribution in [0.15, 0.2) is 54.9 Å². The molecule has 5 nitrogen and oxygen atoms in total. The lowest BCUT2D eigenvalue weighted by Gasteiger charge is -2.10. The highest BCUT2D eigenvalue weighted by Crippen LogP contribution is 2.27. The Morgan fingerprint density at radius 1 is 1.06 bits per heavy atom. The summed E-state index contributed by atoms with van der Waals surface area (Å²) in [7, 11) is 0. The fraction of sp³-hybridized carbons (Fsp3) is 0.393. The summed E-state index contributed by atoms with van der Waals surface area (Å²) < 4.78 is 28.7. The monoisotopic (exact) mass is 485 g/mol. The van der Waals surface area contributed by atoms with Crippen molar-refractivity contribution in [2.45, 2.75) is 72.8 Å². The molecule has 0 radical (unpaired) electrons. The first-order chi connectivity index (χ1) is 16.9. The SMILES string of the molecule is CC.CCCCC[C@H](C)O.CCc1ccc(F)c(-c2cccc(C(=O)Nc3cccnc3)n2)c1F. The molecule has 2 heterocycles. The Morgan fingerprint density at radius 3 is 2.40 bits per heavy atom. The number of nitrogens with one attached hydrogen (secondary N) is 1. The lowest BCUT2D eigenvalue weighted by Crippen LogP contribution is -2.14. The topological polar surface area (TPSA) is 75.1 Å². The third-order valence-electron chi connectivity index (χ3n) is 4.93. The zero-order chi connectivity index (χ0) is 26.2. The first-order valence-corrected chi connectivity index (χ1v) is 12.2. The Hall–Kier alpha value is -3.19. The maximum atomic E-state index is 14.5. The van der Waals surface area contributed by atoms with Gasteiger partial charge in [-0.15, -0.1) is 0 Å². The Bertz CT molecular complexity index is 1030. The van der Waals surface area contributed by atoms with Crippen LogP contribution in [0.5, 0.6) is 0 Å². The number of carbonyl (C=O) groups is 1. The molecule has 35 heavy (non-hydrogen) atoms.